The molecule has 0 aliphatic rings. The maximum atomic E-state index is 12.0. The number of hydrogen-bond acceptors (Lipinski definition) is 1. The van der Waals surface area contributed by atoms with Crippen molar-refractivity contribution in [1.29, 1.82) is 0 Å². The zero-order valence-corrected chi connectivity index (χ0v) is 7.96. The molecular formula is C8H6ClF3S. The largest absolute Gasteiger partial charge is 0.414 e. The Labute approximate surface area is 83.1 Å². The van der Waals surface area contributed by atoms with E-state index in [1.165, 1.54) is 0 Å². The Morgan fingerprint density at radius 1 is 1.15 bits per heavy atom. The minimum atomic E-state index is -4.36. The highest BCUT2D eigenvalue weighted by molar-refractivity contribution is 8.01. The second-order valence-electron chi connectivity index (χ2n) is 2.29. The summed E-state index contributed by atoms with van der Waals surface area (Å²) >= 11 is 5.72. The van der Waals surface area contributed by atoms with Crippen LogP contribution in [0.3, 0.4) is 0 Å². The molecule has 0 spiro atoms. The van der Waals surface area contributed by atoms with Crippen molar-refractivity contribution in [2.75, 3.05) is 0 Å². The van der Waals surface area contributed by atoms with E-state index in [1.54, 1.807) is 30.3 Å². The molecule has 72 valence electrons. The molecule has 0 saturated heterocycles. The summed E-state index contributed by atoms with van der Waals surface area (Å²) in [5, 5.41) is 0. The minimum Gasteiger partial charge on any atom is -0.168 e. The van der Waals surface area contributed by atoms with Crippen molar-refractivity contribution in [1.82, 2.24) is 0 Å². The Morgan fingerprint density at radius 3 is 2.15 bits per heavy atom. The molecule has 0 bridgehead atoms. The first-order valence-corrected chi connectivity index (χ1v) is 4.74. The summed E-state index contributed by atoms with van der Waals surface area (Å²) < 4.78 is 34.1. The van der Waals surface area contributed by atoms with Gasteiger partial charge in [0.1, 0.15) is 0 Å². The molecule has 0 saturated carbocycles. The predicted octanol–water partition coefficient (Wildman–Crippen LogP) is 3.91. The fourth-order valence-electron chi connectivity index (χ4n) is 0.685. The molecular weight excluding hydrogens is 221 g/mol. The van der Waals surface area contributed by atoms with Gasteiger partial charge in [0.25, 0.3) is 0 Å². The lowest BCUT2D eigenvalue weighted by atomic mass is 10.4. The summed E-state index contributed by atoms with van der Waals surface area (Å²) in [5.41, 5.74) is 0. The smallest absolute Gasteiger partial charge is 0.168 e. The number of rotatable bonds is 2. The molecule has 1 aromatic carbocycles. The molecule has 0 fully saturated rings. The summed E-state index contributed by atoms with van der Waals surface area (Å²) in [6, 6.07) is 8.25. The molecule has 1 rings (SSSR count). The lowest BCUT2D eigenvalue weighted by Gasteiger charge is -2.12. The Hall–Kier alpha value is -0.350. The van der Waals surface area contributed by atoms with Gasteiger partial charge < -0.3 is 0 Å². The van der Waals surface area contributed by atoms with E-state index in [4.69, 9.17) is 11.6 Å². The highest BCUT2D eigenvalue weighted by atomic mass is 35.5. The molecule has 0 unspecified atom stereocenters. The second-order valence-corrected chi connectivity index (χ2v) is 4.16. The van der Waals surface area contributed by atoms with E-state index in [2.05, 4.69) is 0 Å². The van der Waals surface area contributed by atoms with E-state index in [-0.39, 0.29) is 0 Å². The lowest BCUT2D eigenvalue weighted by molar-refractivity contribution is -0.113. The van der Waals surface area contributed by atoms with Crippen molar-refractivity contribution in [3.05, 3.63) is 30.3 Å². The number of benzene rings is 1. The van der Waals surface area contributed by atoms with Gasteiger partial charge in [-0.15, -0.1) is 11.6 Å². The van der Waals surface area contributed by atoms with Crippen LogP contribution in [0.25, 0.3) is 0 Å². The van der Waals surface area contributed by atoms with E-state index in [0.29, 0.717) is 16.7 Å². The monoisotopic (exact) mass is 226 g/mol. The zero-order valence-electron chi connectivity index (χ0n) is 6.38. The maximum Gasteiger partial charge on any atom is 0.414 e. The van der Waals surface area contributed by atoms with Crippen LogP contribution in [-0.2, 0) is 0 Å². The van der Waals surface area contributed by atoms with E-state index < -0.39 is 10.9 Å². The molecule has 0 heterocycles. The quantitative estimate of drug-likeness (QED) is 0.544. The van der Waals surface area contributed by atoms with E-state index >= 15 is 0 Å². The van der Waals surface area contributed by atoms with Crippen molar-refractivity contribution < 1.29 is 13.2 Å². The number of halogens is 4. The van der Waals surface area contributed by atoms with Crippen molar-refractivity contribution >= 4 is 23.4 Å². The summed E-state index contributed by atoms with van der Waals surface area (Å²) in [7, 11) is 0. The second kappa shape index (κ2) is 4.24. The Morgan fingerprint density at radius 2 is 1.69 bits per heavy atom. The van der Waals surface area contributed by atoms with Crippen LogP contribution in [-0.4, -0.2) is 10.9 Å². The molecule has 13 heavy (non-hydrogen) atoms. The third kappa shape index (κ3) is 3.48. The first-order chi connectivity index (χ1) is 6.00. The standard InChI is InChI=1S/C8H6ClF3S/c9-7(8(10,11)12)13-6-4-2-1-3-5-6/h1-5,7H/t7-/m1/s1. The highest BCUT2D eigenvalue weighted by Gasteiger charge is 2.38. The van der Waals surface area contributed by atoms with Crippen LogP contribution in [0, 0.1) is 0 Å². The van der Waals surface area contributed by atoms with Gasteiger partial charge in [0, 0.05) is 4.90 Å². The van der Waals surface area contributed by atoms with Gasteiger partial charge in [0.15, 0.2) is 4.71 Å². The van der Waals surface area contributed by atoms with Crippen LogP contribution in [0.2, 0.25) is 0 Å². The van der Waals surface area contributed by atoms with Crippen LogP contribution >= 0.6 is 23.4 Å². The van der Waals surface area contributed by atoms with Gasteiger partial charge in [0.05, 0.1) is 0 Å². The lowest BCUT2D eigenvalue weighted by Crippen LogP contribution is -2.19. The van der Waals surface area contributed by atoms with Crippen molar-refractivity contribution in [3.63, 3.8) is 0 Å². The molecule has 0 radical (unpaired) electrons. The van der Waals surface area contributed by atoms with Gasteiger partial charge in [0.2, 0.25) is 0 Å². The molecule has 0 aliphatic heterocycles. The van der Waals surface area contributed by atoms with Crippen LogP contribution < -0.4 is 0 Å². The molecule has 0 aromatic heterocycles. The Balaban J connectivity index is 2.61. The topological polar surface area (TPSA) is 0 Å². The van der Waals surface area contributed by atoms with Crippen molar-refractivity contribution in [2.24, 2.45) is 0 Å². The fourth-order valence-corrected chi connectivity index (χ4v) is 1.68. The summed E-state index contributed by atoms with van der Waals surface area (Å²) in [4.78, 5) is 0.514. The zero-order chi connectivity index (χ0) is 9.90. The van der Waals surface area contributed by atoms with E-state index in [0.717, 1.165) is 0 Å². The van der Waals surface area contributed by atoms with Gasteiger partial charge in [-0.1, -0.05) is 30.0 Å². The molecule has 0 N–H and O–H groups in total. The highest BCUT2D eigenvalue weighted by Crippen LogP contribution is 2.37. The molecule has 0 amide bonds. The van der Waals surface area contributed by atoms with Gasteiger partial charge in [-0.25, -0.2) is 0 Å². The van der Waals surface area contributed by atoms with Crippen molar-refractivity contribution in [2.45, 2.75) is 15.8 Å². The Kier molecular flexibility index (Phi) is 3.50. The van der Waals surface area contributed by atoms with Gasteiger partial charge in [-0.2, -0.15) is 13.2 Å². The van der Waals surface area contributed by atoms with Crippen LogP contribution in [0.4, 0.5) is 13.2 Å². The number of alkyl halides is 4. The van der Waals surface area contributed by atoms with Crippen LogP contribution in [0.5, 0.6) is 0 Å². The number of hydrogen-bond donors (Lipinski definition) is 0. The first kappa shape index (κ1) is 10.7. The SMILES string of the molecule is FC(F)(F)[C@H](Cl)Sc1ccccc1. The molecule has 1 atom stereocenters. The first-order valence-electron chi connectivity index (χ1n) is 3.42. The van der Waals surface area contributed by atoms with Crippen molar-refractivity contribution in [3.8, 4) is 0 Å². The average Bonchev–Trinajstić information content (AvgIpc) is 2.04. The maximum absolute atomic E-state index is 12.0. The molecule has 0 aliphatic carbocycles. The Bertz CT molecular complexity index is 260. The van der Waals surface area contributed by atoms with Crippen LogP contribution in [0.1, 0.15) is 0 Å². The summed E-state index contributed by atoms with van der Waals surface area (Å²) in [6.07, 6.45) is -4.36. The van der Waals surface area contributed by atoms with Crippen LogP contribution in [0.15, 0.2) is 35.2 Å². The molecule has 1 aromatic rings. The van der Waals surface area contributed by atoms with Gasteiger partial charge in [-0.05, 0) is 12.1 Å². The average molecular weight is 227 g/mol. The van der Waals surface area contributed by atoms with Gasteiger partial charge >= 0.3 is 6.18 Å². The summed E-state index contributed by atoms with van der Waals surface area (Å²) in [6.45, 7) is 0. The van der Waals surface area contributed by atoms with E-state index in [1.807, 2.05) is 0 Å². The minimum absolute atomic E-state index is 0.514. The van der Waals surface area contributed by atoms with E-state index in [9.17, 15) is 13.2 Å². The molecule has 0 nitrogen and oxygen atoms in total. The predicted molar refractivity (Wildman–Crippen MR) is 48.0 cm³/mol. The molecule has 5 heteroatoms. The normalized spacial score (nSPS) is 14.2. The third-order valence-electron chi connectivity index (χ3n) is 1.24. The van der Waals surface area contributed by atoms with Gasteiger partial charge in [-0.3, -0.25) is 0 Å². The number of thioether (sulfide) groups is 1. The third-order valence-corrected chi connectivity index (χ3v) is 2.77. The fraction of sp³-hybridized carbons (Fsp3) is 0.250. The summed E-state index contributed by atoms with van der Waals surface area (Å²) in [5.74, 6) is 0.